The second-order valence-corrected chi connectivity index (χ2v) is 6.09. The molecule has 0 spiro atoms. The van der Waals surface area contributed by atoms with Crippen LogP contribution in [0.25, 0.3) is 0 Å². The largest absolute Gasteiger partial charge is 0.411 e. The molecule has 1 aromatic rings. The van der Waals surface area contributed by atoms with Gasteiger partial charge >= 0.3 is 6.18 Å². The Hall–Kier alpha value is -1.60. The van der Waals surface area contributed by atoms with Crippen molar-refractivity contribution in [1.29, 1.82) is 0 Å². The Bertz CT molecular complexity index is 528. The number of halogens is 3. The maximum absolute atomic E-state index is 12.1. The molecule has 134 valence electrons. The average molecular weight is 345 g/mol. The van der Waals surface area contributed by atoms with Crippen molar-refractivity contribution in [2.24, 2.45) is 5.92 Å². The lowest BCUT2D eigenvalue weighted by atomic mass is 9.87. The summed E-state index contributed by atoms with van der Waals surface area (Å²) in [5.41, 5.74) is 0.837. The van der Waals surface area contributed by atoms with E-state index in [1.54, 1.807) is 0 Å². The van der Waals surface area contributed by atoms with E-state index in [2.05, 4.69) is 4.74 Å². The van der Waals surface area contributed by atoms with Gasteiger partial charge in [-0.15, -0.1) is 0 Å². The van der Waals surface area contributed by atoms with Crippen LogP contribution in [0.5, 0.6) is 0 Å². The van der Waals surface area contributed by atoms with Crippen LogP contribution in [0.4, 0.5) is 13.2 Å². The molecule has 1 N–H and O–H groups in total. The van der Waals surface area contributed by atoms with Crippen LogP contribution < -0.4 is 0 Å². The zero-order chi connectivity index (χ0) is 17.7. The molecule has 4 nitrogen and oxygen atoms in total. The molecule has 0 aliphatic carbocycles. The summed E-state index contributed by atoms with van der Waals surface area (Å²) in [5.74, 6) is -0.408. The number of amides is 1. The van der Waals surface area contributed by atoms with Gasteiger partial charge in [0, 0.05) is 13.1 Å². The SMILES string of the molecule is CC(OCC(F)(F)F)C(=O)N1CCC(C(O)c2ccccc2)CC1. The summed E-state index contributed by atoms with van der Waals surface area (Å²) < 4.78 is 41.0. The smallest absolute Gasteiger partial charge is 0.388 e. The molecule has 2 atom stereocenters. The average Bonchev–Trinajstić information content (AvgIpc) is 2.58. The second-order valence-electron chi connectivity index (χ2n) is 6.09. The van der Waals surface area contributed by atoms with E-state index in [1.165, 1.54) is 11.8 Å². The first kappa shape index (κ1) is 18.7. The predicted octanol–water partition coefficient (Wildman–Crippen LogP) is 2.93. The molecular formula is C17H22F3NO3. The summed E-state index contributed by atoms with van der Waals surface area (Å²) in [6, 6.07) is 9.30. The lowest BCUT2D eigenvalue weighted by Gasteiger charge is -2.35. The summed E-state index contributed by atoms with van der Waals surface area (Å²) >= 11 is 0. The molecule has 1 aliphatic rings. The fourth-order valence-electron chi connectivity index (χ4n) is 2.91. The highest BCUT2D eigenvalue weighted by atomic mass is 19.4. The molecule has 1 aromatic carbocycles. The van der Waals surface area contributed by atoms with E-state index >= 15 is 0 Å². The molecule has 0 aromatic heterocycles. The zero-order valence-corrected chi connectivity index (χ0v) is 13.5. The Morgan fingerprint density at radius 1 is 1.29 bits per heavy atom. The quantitative estimate of drug-likeness (QED) is 0.893. The van der Waals surface area contributed by atoms with E-state index in [0.29, 0.717) is 25.9 Å². The van der Waals surface area contributed by atoms with Gasteiger partial charge in [0.1, 0.15) is 12.7 Å². The third-order valence-electron chi connectivity index (χ3n) is 4.28. The van der Waals surface area contributed by atoms with Crippen LogP contribution in [0, 0.1) is 5.92 Å². The number of benzene rings is 1. The first-order valence-corrected chi connectivity index (χ1v) is 7.98. The summed E-state index contributed by atoms with van der Waals surface area (Å²) in [6.45, 7) is 0.724. The molecule has 24 heavy (non-hydrogen) atoms. The third-order valence-corrected chi connectivity index (χ3v) is 4.28. The molecule has 1 heterocycles. The number of hydrogen-bond acceptors (Lipinski definition) is 3. The first-order valence-electron chi connectivity index (χ1n) is 7.98. The lowest BCUT2D eigenvalue weighted by molar-refractivity contribution is -0.189. The number of nitrogens with zero attached hydrogens (tertiary/aromatic N) is 1. The van der Waals surface area contributed by atoms with Gasteiger partial charge in [0.2, 0.25) is 0 Å². The van der Waals surface area contributed by atoms with Crippen LogP contribution >= 0.6 is 0 Å². The number of aliphatic hydroxyl groups is 1. The minimum atomic E-state index is -4.44. The number of carbonyl (C=O) groups is 1. The van der Waals surface area contributed by atoms with Gasteiger partial charge in [-0.2, -0.15) is 13.2 Å². The fraction of sp³-hybridized carbons (Fsp3) is 0.588. The van der Waals surface area contributed by atoms with E-state index in [0.717, 1.165) is 5.56 Å². The molecule has 2 rings (SSSR count). The van der Waals surface area contributed by atoms with Gasteiger partial charge in [-0.1, -0.05) is 30.3 Å². The van der Waals surface area contributed by atoms with E-state index in [-0.39, 0.29) is 5.92 Å². The summed E-state index contributed by atoms with van der Waals surface area (Å²) in [5, 5.41) is 10.4. The van der Waals surface area contributed by atoms with Gasteiger partial charge in [0.15, 0.2) is 0 Å². The van der Waals surface area contributed by atoms with Crippen molar-refractivity contribution in [2.75, 3.05) is 19.7 Å². The van der Waals surface area contributed by atoms with Crippen LogP contribution in [-0.4, -0.2) is 47.9 Å². The van der Waals surface area contributed by atoms with Gasteiger partial charge in [-0.3, -0.25) is 4.79 Å². The Morgan fingerprint density at radius 3 is 2.42 bits per heavy atom. The molecular weight excluding hydrogens is 323 g/mol. The standard InChI is InChI=1S/C17H22F3NO3/c1-12(24-11-17(18,19)20)16(23)21-9-7-14(8-10-21)15(22)13-5-3-2-4-6-13/h2-6,12,14-15,22H,7-11H2,1H3. The van der Waals surface area contributed by atoms with Gasteiger partial charge in [0.05, 0.1) is 6.10 Å². The minimum absolute atomic E-state index is 0.0304. The highest BCUT2D eigenvalue weighted by Gasteiger charge is 2.33. The number of aliphatic hydroxyl groups excluding tert-OH is 1. The van der Waals surface area contributed by atoms with Crippen molar-refractivity contribution in [3.63, 3.8) is 0 Å². The number of ether oxygens (including phenoxy) is 1. The number of rotatable bonds is 5. The molecule has 1 amide bonds. The van der Waals surface area contributed by atoms with Crippen LogP contribution in [0.3, 0.4) is 0 Å². The summed E-state index contributed by atoms with van der Waals surface area (Å²) in [6.07, 6.45) is -4.95. The van der Waals surface area contributed by atoms with E-state index in [4.69, 9.17) is 0 Å². The maximum Gasteiger partial charge on any atom is 0.411 e. The van der Waals surface area contributed by atoms with Crippen molar-refractivity contribution >= 4 is 5.91 Å². The highest BCUT2D eigenvalue weighted by molar-refractivity contribution is 5.80. The summed E-state index contributed by atoms with van der Waals surface area (Å²) in [4.78, 5) is 13.6. The van der Waals surface area contributed by atoms with E-state index < -0.39 is 30.9 Å². The van der Waals surface area contributed by atoms with Gasteiger partial charge in [0.25, 0.3) is 5.91 Å². The maximum atomic E-state index is 12.1. The Kier molecular flexibility index (Phi) is 6.23. The van der Waals surface area contributed by atoms with Crippen molar-refractivity contribution < 1.29 is 27.8 Å². The molecule has 1 saturated heterocycles. The molecule has 0 saturated carbocycles. The molecule has 0 radical (unpaired) electrons. The van der Waals surface area contributed by atoms with E-state index in [9.17, 15) is 23.1 Å². The van der Waals surface area contributed by atoms with Crippen molar-refractivity contribution in [2.45, 2.75) is 38.1 Å². The van der Waals surface area contributed by atoms with Crippen molar-refractivity contribution in [3.8, 4) is 0 Å². The number of alkyl halides is 3. The Labute approximate surface area is 139 Å². The van der Waals surface area contributed by atoms with Crippen molar-refractivity contribution in [1.82, 2.24) is 4.90 Å². The molecule has 0 bridgehead atoms. The fourth-order valence-corrected chi connectivity index (χ4v) is 2.91. The third kappa shape index (κ3) is 5.21. The Balaban J connectivity index is 1.82. The highest BCUT2D eigenvalue weighted by Crippen LogP contribution is 2.30. The second kappa shape index (κ2) is 7.98. The van der Waals surface area contributed by atoms with E-state index in [1.807, 2.05) is 30.3 Å². The van der Waals surface area contributed by atoms with Crippen LogP contribution in [0.2, 0.25) is 0 Å². The normalized spacial score (nSPS) is 19.1. The van der Waals surface area contributed by atoms with Crippen LogP contribution in [0.1, 0.15) is 31.4 Å². The van der Waals surface area contributed by atoms with Gasteiger partial charge in [-0.05, 0) is 31.2 Å². The minimum Gasteiger partial charge on any atom is -0.388 e. The molecule has 7 heteroatoms. The number of hydrogen-bond donors (Lipinski definition) is 1. The lowest BCUT2D eigenvalue weighted by Crippen LogP contribution is -2.45. The Morgan fingerprint density at radius 2 is 1.88 bits per heavy atom. The van der Waals surface area contributed by atoms with Crippen molar-refractivity contribution in [3.05, 3.63) is 35.9 Å². The monoisotopic (exact) mass is 345 g/mol. The molecule has 1 aliphatic heterocycles. The molecule has 1 fully saturated rings. The zero-order valence-electron chi connectivity index (χ0n) is 13.5. The number of piperidine rings is 1. The number of likely N-dealkylation sites (tertiary alicyclic amines) is 1. The summed E-state index contributed by atoms with van der Waals surface area (Å²) in [7, 11) is 0. The van der Waals surface area contributed by atoms with Crippen LogP contribution in [0.15, 0.2) is 30.3 Å². The predicted molar refractivity (Wildman–Crippen MR) is 82.2 cm³/mol. The topological polar surface area (TPSA) is 49.8 Å². The number of carbonyl (C=O) groups excluding carboxylic acids is 1. The first-order chi connectivity index (χ1) is 11.3. The molecule has 2 unspecified atom stereocenters. The van der Waals surface area contributed by atoms with Gasteiger partial charge < -0.3 is 14.7 Å². The van der Waals surface area contributed by atoms with Crippen LogP contribution in [-0.2, 0) is 9.53 Å². The van der Waals surface area contributed by atoms with Gasteiger partial charge in [-0.25, -0.2) is 0 Å².